The van der Waals surface area contributed by atoms with Crippen LogP contribution in [-0.4, -0.2) is 14.7 Å². The van der Waals surface area contributed by atoms with Gasteiger partial charge in [-0.25, -0.2) is 8.42 Å². The largest absolute Gasteiger partial charge is 0.332 e. The Morgan fingerprint density at radius 3 is 1.78 bits per heavy atom. The number of hydrogen-bond donors (Lipinski definition) is 1. The maximum atomic E-state index is 10.3. The Hall–Kier alpha value is 0.720. The maximum absolute atomic E-state index is 10.3. The summed E-state index contributed by atoms with van der Waals surface area (Å²) in [5.41, 5.74) is 0. The van der Waals surface area contributed by atoms with Crippen LogP contribution in [0, 0.1) is 0 Å². The highest BCUT2D eigenvalue weighted by Gasteiger charge is 2.18. The van der Waals surface area contributed by atoms with E-state index < -0.39 is 16.0 Å². The summed E-state index contributed by atoms with van der Waals surface area (Å²) < 4.78 is 32.2. The third kappa shape index (κ3) is 8.72. The molecular formula is CH4Cl2NO3PS. The fraction of sp³-hybridized carbons (Fsp3) is 1.00. The SMILES string of the molecule is CS(=O)(=O)NP(=O)(Cl)Cl. The van der Waals surface area contributed by atoms with Gasteiger partial charge in [0.1, 0.15) is 0 Å². The second kappa shape index (κ2) is 2.76. The van der Waals surface area contributed by atoms with Crippen LogP contribution < -0.4 is 4.49 Å². The zero-order valence-electron chi connectivity index (χ0n) is 4.34. The lowest BCUT2D eigenvalue weighted by atomic mass is 12.0. The molecule has 0 saturated carbocycles. The van der Waals surface area contributed by atoms with Crippen molar-refractivity contribution in [3.05, 3.63) is 0 Å². The highest BCUT2D eigenvalue weighted by Crippen LogP contribution is 2.52. The minimum Gasteiger partial charge on any atom is -0.270 e. The molecule has 0 spiro atoms. The zero-order chi connectivity index (χ0) is 7.71. The maximum Gasteiger partial charge on any atom is 0.332 e. The van der Waals surface area contributed by atoms with Crippen molar-refractivity contribution in [3.8, 4) is 0 Å². The first kappa shape index (κ1) is 9.72. The molecule has 0 aromatic carbocycles. The Balaban J connectivity index is 4.26. The van der Waals surface area contributed by atoms with Gasteiger partial charge in [0.2, 0.25) is 10.0 Å². The van der Waals surface area contributed by atoms with E-state index in [1.54, 1.807) is 0 Å². The molecule has 0 heterocycles. The molecule has 56 valence electrons. The standard InChI is InChI=1S/CH4Cl2NO3PS/c1-9(6,7)4-8(2,3)5/h1H3,(H,4,5). The summed E-state index contributed by atoms with van der Waals surface area (Å²) in [6.45, 7) is 0. The lowest BCUT2D eigenvalue weighted by Gasteiger charge is -1.99. The predicted octanol–water partition coefficient (Wildman–Crippen LogP) is 1.12. The van der Waals surface area contributed by atoms with Crippen molar-refractivity contribution in [2.24, 2.45) is 0 Å². The third-order valence-electron chi connectivity index (χ3n) is 0.272. The molecule has 0 aliphatic heterocycles. The van der Waals surface area contributed by atoms with Crippen molar-refractivity contribution in [2.75, 3.05) is 6.26 Å². The van der Waals surface area contributed by atoms with Gasteiger partial charge in [-0.15, -0.1) is 4.49 Å². The Bertz CT molecular complexity index is 228. The van der Waals surface area contributed by atoms with Crippen molar-refractivity contribution in [1.82, 2.24) is 4.49 Å². The molecule has 4 nitrogen and oxygen atoms in total. The first-order valence-corrected chi connectivity index (χ1v) is 7.10. The van der Waals surface area contributed by atoms with Crippen LogP contribution in [0.5, 0.6) is 0 Å². The van der Waals surface area contributed by atoms with Crippen LogP contribution in [0.25, 0.3) is 0 Å². The fourth-order valence-corrected chi connectivity index (χ4v) is 3.99. The van der Waals surface area contributed by atoms with Crippen molar-refractivity contribution >= 4 is 38.5 Å². The Morgan fingerprint density at radius 2 is 1.78 bits per heavy atom. The number of hydrogen-bond acceptors (Lipinski definition) is 3. The van der Waals surface area contributed by atoms with E-state index in [0.717, 1.165) is 6.26 Å². The molecule has 0 amide bonds. The first-order chi connectivity index (χ1) is 3.71. The van der Waals surface area contributed by atoms with Crippen LogP contribution in [0.4, 0.5) is 0 Å². The molecular weight excluding hydrogens is 208 g/mol. The average molecular weight is 212 g/mol. The molecule has 0 radical (unpaired) electrons. The Kier molecular flexibility index (Phi) is 2.98. The molecule has 0 aromatic rings. The molecule has 0 aliphatic rings. The van der Waals surface area contributed by atoms with Crippen LogP contribution in [-0.2, 0) is 14.6 Å². The molecule has 0 rings (SSSR count). The van der Waals surface area contributed by atoms with Gasteiger partial charge in [0.15, 0.2) is 0 Å². The highest BCUT2D eigenvalue weighted by atomic mass is 35.9. The summed E-state index contributed by atoms with van der Waals surface area (Å²) >= 11 is 9.70. The van der Waals surface area contributed by atoms with Gasteiger partial charge in [0, 0.05) is 0 Å². The van der Waals surface area contributed by atoms with Crippen LogP contribution in [0.2, 0.25) is 0 Å². The second-order valence-electron chi connectivity index (χ2n) is 1.33. The van der Waals surface area contributed by atoms with E-state index in [-0.39, 0.29) is 0 Å². The van der Waals surface area contributed by atoms with Crippen LogP contribution >= 0.6 is 28.5 Å². The predicted molar refractivity (Wildman–Crippen MR) is 37.3 cm³/mol. The van der Waals surface area contributed by atoms with E-state index in [1.807, 2.05) is 0 Å². The highest BCUT2D eigenvalue weighted by molar-refractivity contribution is 8.14. The van der Waals surface area contributed by atoms with E-state index in [9.17, 15) is 13.0 Å². The lowest BCUT2D eigenvalue weighted by Crippen LogP contribution is -2.14. The van der Waals surface area contributed by atoms with Gasteiger partial charge in [-0.1, -0.05) is 0 Å². The molecule has 8 heteroatoms. The van der Waals surface area contributed by atoms with Gasteiger partial charge in [-0.05, 0) is 22.5 Å². The summed E-state index contributed by atoms with van der Waals surface area (Å²) in [5.74, 6) is -3.68. The zero-order valence-corrected chi connectivity index (χ0v) is 7.56. The minimum atomic E-state index is -3.68. The van der Waals surface area contributed by atoms with Gasteiger partial charge in [0.05, 0.1) is 6.26 Å². The molecule has 0 fully saturated rings. The topological polar surface area (TPSA) is 63.2 Å². The van der Waals surface area contributed by atoms with Gasteiger partial charge in [0.25, 0.3) is 0 Å². The normalized spacial score (nSPS) is 13.7. The van der Waals surface area contributed by atoms with Gasteiger partial charge < -0.3 is 0 Å². The summed E-state index contributed by atoms with van der Waals surface area (Å²) in [4.78, 5) is 0. The van der Waals surface area contributed by atoms with E-state index in [0.29, 0.717) is 0 Å². The molecule has 0 aliphatic carbocycles. The average Bonchev–Trinajstić information content (AvgIpc) is 1.14. The molecule has 0 saturated heterocycles. The van der Waals surface area contributed by atoms with Crippen LogP contribution in [0.15, 0.2) is 0 Å². The second-order valence-corrected chi connectivity index (χ2v) is 7.90. The number of sulfonamides is 1. The van der Waals surface area contributed by atoms with Crippen molar-refractivity contribution in [2.45, 2.75) is 0 Å². The Labute approximate surface area is 62.6 Å². The molecule has 9 heavy (non-hydrogen) atoms. The summed E-state index contributed by atoms with van der Waals surface area (Å²) in [7, 11) is -3.56. The minimum absolute atomic E-state index is 0.810. The quantitative estimate of drug-likeness (QED) is 0.697. The van der Waals surface area contributed by atoms with Gasteiger partial charge >= 0.3 is 6.00 Å². The Morgan fingerprint density at radius 1 is 1.44 bits per heavy atom. The lowest BCUT2D eigenvalue weighted by molar-refractivity contribution is 0.582. The van der Waals surface area contributed by atoms with Crippen molar-refractivity contribution < 1.29 is 13.0 Å². The van der Waals surface area contributed by atoms with Crippen LogP contribution in [0.3, 0.4) is 0 Å². The van der Waals surface area contributed by atoms with E-state index in [1.165, 1.54) is 4.49 Å². The number of rotatable bonds is 2. The molecule has 0 unspecified atom stereocenters. The van der Waals surface area contributed by atoms with Crippen molar-refractivity contribution in [1.29, 1.82) is 0 Å². The smallest absolute Gasteiger partial charge is 0.270 e. The van der Waals surface area contributed by atoms with Gasteiger partial charge in [-0.3, -0.25) is 4.57 Å². The summed E-state index contributed by atoms with van der Waals surface area (Å²) in [5, 5.41) is 0. The number of nitrogens with one attached hydrogen (secondary N) is 1. The monoisotopic (exact) mass is 211 g/mol. The molecule has 0 atom stereocenters. The van der Waals surface area contributed by atoms with E-state index >= 15 is 0 Å². The summed E-state index contributed by atoms with van der Waals surface area (Å²) in [6.07, 6.45) is 0.810. The van der Waals surface area contributed by atoms with Crippen LogP contribution in [0.1, 0.15) is 0 Å². The van der Waals surface area contributed by atoms with Crippen molar-refractivity contribution in [3.63, 3.8) is 0 Å². The summed E-state index contributed by atoms with van der Waals surface area (Å²) in [6, 6.07) is 0. The number of halogens is 2. The van der Waals surface area contributed by atoms with E-state index in [4.69, 9.17) is 22.5 Å². The van der Waals surface area contributed by atoms with E-state index in [2.05, 4.69) is 0 Å². The molecule has 0 bridgehead atoms. The fourth-order valence-electron chi connectivity index (χ4n) is 0.193. The first-order valence-electron chi connectivity index (χ1n) is 1.69. The van der Waals surface area contributed by atoms with Gasteiger partial charge in [-0.2, -0.15) is 0 Å². The molecule has 1 N–H and O–H groups in total. The third-order valence-corrected chi connectivity index (χ3v) is 3.69. The molecule has 0 aromatic heterocycles.